The largest absolute Gasteiger partial charge is 0.330 e. The van der Waals surface area contributed by atoms with E-state index < -0.39 is 10.8 Å². The van der Waals surface area contributed by atoms with Crippen molar-refractivity contribution >= 4 is 10.8 Å². The van der Waals surface area contributed by atoms with Crippen LogP contribution in [-0.4, -0.2) is 16.0 Å². The number of hydrogen-bond acceptors (Lipinski definition) is 2. The van der Waals surface area contributed by atoms with E-state index in [1.165, 1.54) is 12.1 Å². The van der Waals surface area contributed by atoms with Gasteiger partial charge in [0.2, 0.25) is 0 Å². The first-order valence-corrected chi connectivity index (χ1v) is 6.33. The van der Waals surface area contributed by atoms with Gasteiger partial charge in [0.25, 0.3) is 0 Å². The van der Waals surface area contributed by atoms with Crippen molar-refractivity contribution < 1.29 is 8.60 Å². The molecule has 0 saturated heterocycles. The van der Waals surface area contributed by atoms with Crippen LogP contribution in [0.25, 0.3) is 0 Å². The monoisotopic (exact) mass is 229 g/mol. The predicted molar refractivity (Wildman–Crippen MR) is 61.4 cm³/mol. The Kier molecular flexibility index (Phi) is 4.91. The minimum absolute atomic E-state index is 0.0678. The molecule has 1 aromatic rings. The van der Waals surface area contributed by atoms with Gasteiger partial charge in [-0.1, -0.05) is 19.1 Å². The number of halogens is 1. The SMILES string of the molecule is CC(CCN)S(=O)Cc1cccc(F)c1. The summed E-state index contributed by atoms with van der Waals surface area (Å²) in [5, 5.41) is 0.0678. The molecule has 84 valence electrons. The molecule has 1 aromatic carbocycles. The van der Waals surface area contributed by atoms with Crippen molar-refractivity contribution in [3.05, 3.63) is 35.6 Å². The first-order valence-electron chi connectivity index (χ1n) is 4.95. The molecule has 0 spiro atoms. The second-order valence-electron chi connectivity index (χ2n) is 3.54. The van der Waals surface area contributed by atoms with Crippen LogP contribution in [-0.2, 0) is 16.6 Å². The van der Waals surface area contributed by atoms with Gasteiger partial charge >= 0.3 is 0 Å². The number of hydrogen-bond donors (Lipinski definition) is 1. The van der Waals surface area contributed by atoms with Gasteiger partial charge in [-0.3, -0.25) is 4.21 Å². The molecule has 0 aliphatic carbocycles. The zero-order valence-corrected chi connectivity index (χ0v) is 9.60. The predicted octanol–water partition coefficient (Wildman–Crippen LogP) is 1.81. The highest BCUT2D eigenvalue weighted by atomic mass is 32.2. The molecular weight excluding hydrogens is 213 g/mol. The quantitative estimate of drug-likeness (QED) is 0.836. The van der Waals surface area contributed by atoms with E-state index in [2.05, 4.69) is 0 Å². The number of rotatable bonds is 5. The smallest absolute Gasteiger partial charge is 0.123 e. The van der Waals surface area contributed by atoms with Crippen molar-refractivity contribution in [3.63, 3.8) is 0 Å². The first kappa shape index (κ1) is 12.3. The number of benzene rings is 1. The molecule has 2 nitrogen and oxygen atoms in total. The maximum absolute atomic E-state index is 12.8. The standard InChI is InChI=1S/C11H16FNOS/c1-9(5-6-13)15(14)8-10-3-2-4-11(12)7-10/h2-4,7,9H,5-6,8,13H2,1H3. The van der Waals surface area contributed by atoms with Gasteiger partial charge in [0.1, 0.15) is 5.82 Å². The Morgan fingerprint density at radius 1 is 1.53 bits per heavy atom. The maximum Gasteiger partial charge on any atom is 0.123 e. The van der Waals surface area contributed by atoms with Crippen LogP contribution >= 0.6 is 0 Å². The molecule has 0 saturated carbocycles. The summed E-state index contributed by atoms with van der Waals surface area (Å²) in [6.07, 6.45) is 0.738. The molecule has 0 amide bonds. The third-order valence-electron chi connectivity index (χ3n) is 2.22. The lowest BCUT2D eigenvalue weighted by atomic mass is 10.2. The van der Waals surface area contributed by atoms with Crippen molar-refractivity contribution in [2.24, 2.45) is 5.73 Å². The molecule has 0 aliphatic rings. The van der Waals surface area contributed by atoms with Crippen molar-refractivity contribution in [3.8, 4) is 0 Å². The van der Waals surface area contributed by atoms with Crippen molar-refractivity contribution in [2.45, 2.75) is 24.3 Å². The van der Waals surface area contributed by atoms with Crippen LogP contribution < -0.4 is 5.73 Å². The molecule has 0 fully saturated rings. The van der Waals surface area contributed by atoms with Crippen LogP contribution in [0.15, 0.2) is 24.3 Å². The minimum Gasteiger partial charge on any atom is -0.330 e. The summed E-state index contributed by atoms with van der Waals surface area (Å²) >= 11 is 0. The fourth-order valence-electron chi connectivity index (χ4n) is 1.30. The Labute approximate surface area is 92.1 Å². The molecule has 15 heavy (non-hydrogen) atoms. The topological polar surface area (TPSA) is 43.1 Å². The fraction of sp³-hybridized carbons (Fsp3) is 0.455. The molecule has 1 rings (SSSR count). The van der Waals surface area contributed by atoms with Crippen molar-refractivity contribution in [1.82, 2.24) is 0 Å². The molecule has 4 heteroatoms. The van der Waals surface area contributed by atoms with Gasteiger partial charge in [-0.05, 0) is 30.7 Å². The third-order valence-corrected chi connectivity index (χ3v) is 3.97. The van der Waals surface area contributed by atoms with E-state index >= 15 is 0 Å². The average molecular weight is 229 g/mol. The Bertz CT molecular complexity index is 343. The van der Waals surface area contributed by atoms with E-state index in [4.69, 9.17) is 5.73 Å². The molecule has 0 aromatic heterocycles. The van der Waals surface area contributed by atoms with Crippen LogP contribution in [0.2, 0.25) is 0 Å². The van der Waals surface area contributed by atoms with Gasteiger partial charge in [-0.15, -0.1) is 0 Å². The number of nitrogens with two attached hydrogens (primary N) is 1. The van der Waals surface area contributed by atoms with Gasteiger partial charge in [-0.2, -0.15) is 0 Å². The molecule has 0 aliphatic heterocycles. The van der Waals surface area contributed by atoms with Crippen molar-refractivity contribution in [1.29, 1.82) is 0 Å². The summed E-state index contributed by atoms with van der Waals surface area (Å²) in [4.78, 5) is 0. The van der Waals surface area contributed by atoms with Crippen LogP contribution in [0, 0.1) is 5.82 Å². The highest BCUT2D eigenvalue weighted by Crippen LogP contribution is 2.10. The summed E-state index contributed by atoms with van der Waals surface area (Å²) in [6.45, 7) is 2.44. The Hall–Kier alpha value is -0.740. The molecular formula is C11H16FNOS. The van der Waals surface area contributed by atoms with Gasteiger partial charge in [0.15, 0.2) is 0 Å². The highest BCUT2D eigenvalue weighted by molar-refractivity contribution is 7.84. The summed E-state index contributed by atoms with van der Waals surface area (Å²) in [5.41, 5.74) is 6.17. The van der Waals surface area contributed by atoms with Crippen LogP contribution in [0.3, 0.4) is 0 Å². The molecule has 2 atom stereocenters. The first-order chi connectivity index (χ1) is 7.13. The maximum atomic E-state index is 12.8. The second kappa shape index (κ2) is 5.98. The Balaban J connectivity index is 2.58. The Morgan fingerprint density at radius 3 is 2.87 bits per heavy atom. The van der Waals surface area contributed by atoms with Gasteiger partial charge in [0, 0.05) is 21.8 Å². The van der Waals surface area contributed by atoms with E-state index in [9.17, 15) is 8.60 Å². The molecule has 2 unspecified atom stereocenters. The minimum atomic E-state index is -0.971. The lowest BCUT2D eigenvalue weighted by Crippen LogP contribution is -2.17. The summed E-state index contributed by atoms with van der Waals surface area (Å²) in [7, 11) is -0.971. The molecule has 0 bridgehead atoms. The molecule has 0 heterocycles. The average Bonchev–Trinajstić information content (AvgIpc) is 2.18. The van der Waals surface area contributed by atoms with E-state index in [0.29, 0.717) is 12.3 Å². The highest BCUT2D eigenvalue weighted by Gasteiger charge is 2.10. The summed E-state index contributed by atoms with van der Waals surface area (Å²) in [5.74, 6) is 0.120. The van der Waals surface area contributed by atoms with E-state index in [1.807, 2.05) is 6.92 Å². The third kappa shape index (κ3) is 4.10. The van der Waals surface area contributed by atoms with E-state index in [-0.39, 0.29) is 11.1 Å². The molecule has 2 N–H and O–H groups in total. The van der Waals surface area contributed by atoms with Crippen molar-refractivity contribution in [2.75, 3.05) is 6.54 Å². The van der Waals surface area contributed by atoms with Gasteiger partial charge < -0.3 is 5.73 Å². The lowest BCUT2D eigenvalue weighted by Gasteiger charge is -2.09. The van der Waals surface area contributed by atoms with Crippen LogP contribution in [0.1, 0.15) is 18.9 Å². The second-order valence-corrected chi connectivity index (χ2v) is 5.40. The zero-order chi connectivity index (χ0) is 11.3. The van der Waals surface area contributed by atoms with Crippen LogP contribution in [0.4, 0.5) is 4.39 Å². The Morgan fingerprint density at radius 2 is 2.27 bits per heavy atom. The van der Waals surface area contributed by atoms with E-state index in [1.54, 1.807) is 12.1 Å². The fourth-order valence-corrected chi connectivity index (χ4v) is 2.49. The van der Waals surface area contributed by atoms with Gasteiger partial charge in [-0.25, -0.2) is 4.39 Å². The van der Waals surface area contributed by atoms with Gasteiger partial charge in [0.05, 0.1) is 0 Å². The summed E-state index contributed by atoms with van der Waals surface area (Å²) in [6, 6.07) is 6.23. The summed E-state index contributed by atoms with van der Waals surface area (Å²) < 4.78 is 24.6. The zero-order valence-electron chi connectivity index (χ0n) is 8.78. The normalized spacial score (nSPS) is 14.9. The van der Waals surface area contributed by atoms with E-state index in [0.717, 1.165) is 12.0 Å². The molecule has 0 radical (unpaired) electrons. The van der Waals surface area contributed by atoms with Crippen LogP contribution in [0.5, 0.6) is 0 Å². The lowest BCUT2D eigenvalue weighted by molar-refractivity contribution is 0.626.